The number of ether oxygens (including phenoxy) is 1. The van der Waals surface area contributed by atoms with Crippen LogP contribution in [-0.2, 0) is 13.2 Å². The molecule has 2 amide bonds. The molecule has 2 heterocycles. The van der Waals surface area contributed by atoms with Gasteiger partial charge in [0.25, 0.3) is 0 Å². The maximum absolute atomic E-state index is 12.0. The molecule has 23 heavy (non-hydrogen) atoms. The van der Waals surface area contributed by atoms with Crippen LogP contribution >= 0.6 is 0 Å². The molecule has 0 spiro atoms. The van der Waals surface area contributed by atoms with E-state index in [0.29, 0.717) is 19.0 Å². The van der Waals surface area contributed by atoms with Crippen molar-refractivity contribution in [1.82, 2.24) is 15.2 Å². The van der Waals surface area contributed by atoms with E-state index in [9.17, 15) is 4.79 Å². The Morgan fingerprint density at radius 2 is 1.91 bits per heavy atom. The minimum absolute atomic E-state index is 0.00562. The highest BCUT2D eigenvalue weighted by Gasteiger charge is 2.17. The molecule has 1 saturated heterocycles. The van der Waals surface area contributed by atoms with Crippen LogP contribution in [0.2, 0.25) is 0 Å². The van der Waals surface area contributed by atoms with Crippen LogP contribution in [0.3, 0.4) is 0 Å². The van der Waals surface area contributed by atoms with Crippen molar-refractivity contribution in [1.29, 1.82) is 0 Å². The molecule has 0 radical (unpaired) electrons. The Hall–Kier alpha value is -2.56. The molecule has 0 bridgehead atoms. The number of aromatic nitrogens is 1. The van der Waals surface area contributed by atoms with Gasteiger partial charge in [0.1, 0.15) is 6.61 Å². The summed E-state index contributed by atoms with van der Waals surface area (Å²) in [7, 11) is 0. The van der Waals surface area contributed by atoms with Gasteiger partial charge in [-0.2, -0.15) is 0 Å². The summed E-state index contributed by atoms with van der Waals surface area (Å²) in [5.41, 5.74) is 2.08. The number of nitrogens with one attached hydrogen (secondary N) is 1. The molecule has 0 aliphatic carbocycles. The number of carbonyl (C=O) groups excluding carboxylic acids is 1. The first-order valence-corrected chi connectivity index (χ1v) is 7.96. The number of pyridine rings is 1. The van der Waals surface area contributed by atoms with Gasteiger partial charge in [-0.15, -0.1) is 0 Å². The van der Waals surface area contributed by atoms with Gasteiger partial charge in [0.05, 0.1) is 0 Å². The molecule has 1 N–H and O–H groups in total. The Morgan fingerprint density at radius 1 is 1.13 bits per heavy atom. The summed E-state index contributed by atoms with van der Waals surface area (Å²) in [4.78, 5) is 18.1. The number of hydrogen-bond donors (Lipinski definition) is 1. The maximum Gasteiger partial charge on any atom is 0.317 e. The van der Waals surface area contributed by atoms with Gasteiger partial charge in [-0.05, 0) is 30.0 Å². The monoisotopic (exact) mass is 311 g/mol. The predicted octanol–water partition coefficient (Wildman–Crippen LogP) is 2.97. The molecule has 1 fully saturated rings. The number of nitrogens with zero attached hydrogens (tertiary/aromatic N) is 2. The molecule has 5 nitrogen and oxygen atoms in total. The van der Waals surface area contributed by atoms with E-state index in [1.165, 1.54) is 0 Å². The fourth-order valence-corrected chi connectivity index (χ4v) is 2.58. The zero-order valence-corrected chi connectivity index (χ0v) is 13.1. The normalized spacial score (nSPS) is 13.8. The molecule has 0 atom stereocenters. The molecule has 120 valence electrons. The molecule has 1 aromatic carbocycles. The first-order valence-electron chi connectivity index (χ1n) is 7.96. The minimum atomic E-state index is 0.00562. The van der Waals surface area contributed by atoms with Crippen molar-refractivity contribution in [3.63, 3.8) is 0 Å². The van der Waals surface area contributed by atoms with Gasteiger partial charge in [-0.1, -0.05) is 30.3 Å². The van der Waals surface area contributed by atoms with Gasteiger partial charge in [-0.25, -0.2) is 9.78 Å². The molecule has 0 saturated carbocycles. The Labute approximate surface area is 136 Å². The molecule has 1 aliphatic heterocycles. The third-order valence-corrected chi connectivity index (χ3v) is 3.87. The quantitative estimate of drug-likeness (QED) is 0.923. The average molecular weight is 311 g/mol. The molecule has 1 aromatic heterocycles. The van der Waals surface area contributed by atoms with Crippen molar-refractivity contribution in [2.75, 3.05) is 13.1 Å². The van der Waals surface area contributed by atoms with Crippen LogP contribution < -0.4 is 10.1 Å². The van der Waals surface area contributed by atoms with Gasteiger partial charge < -0.3 is 15.0 Å². The molecule has 3 rings (SSSR count). The summed E-state index contributed by atoms with van der Waals surface area (Å²) >= 11 is 0. The van der Waals surface area contributed by atoms with E-state index in [1.54, 1.807) is 6.20 Å². The van der Waals surface area contributed by atoms with Gasteiger partial charge in [0.15, 0.2) is 0 Å². The van der Waals surface area contributed by atoms with E-state index in [2.05, 4.69) is 10.3 Å². The highest BCUT2D eigenvalue weighted by atomic mass is 16.5. The van der Waals surface area contributed by atoms with Crippen LogP contribution in [-0.4, -0.2) is 29.0 Å². The highest BCUT2D eigenvalue weighted by molar-refractivity contribution is 5.74. The van der Waals surface area contributed by atoms with Crippen LogP contribution in [0.15, 0.2) is 48.7 Å². The zero-order chi connectivity index (χ0) is 15.9. The molecule has 1 aliphatic rings. The van der Waals surface area contributed by atoms with E-state index in [-0.39, 0.29) is 6.03 Å². The standard InChI is InChI=1S/C18H21N3O2/c22-18(21-10-4-5-11-21)20-13-16-8-9-19-17(12-16)23-14-15-6-2-1-3-7-15/h1-3,6-9,12H,4-5,10-11,13-14H2,(H,20,22). The summed E-state index contributed by atoms with van der Waals surface area (Å²) in [5.74, 6) is 0.571. The summed E-state index contributed by atoms with van der Waals surface area (Å²) in [6.07, 6.45) is 3.90. The topological polar surface area (TPSA) is 54.5 Å². The third-order valence-electron chi connectivity index (χ3n) is 3.87. The van der Waals surface area contributed by atoms with E-state index >= 15 is 0 Å². The fourth-order valence-electron chi connectivity index (χ4n) is 2.58. The first-order chi connectivity index (χ1) is 11.3. The largest absolute Gasteiger partial charge is 0.473 e. The van der Waals surface area contributed by atoms with Gasteiger partial charge in [0, 0.05) is 31.9 Å². The molecule has 5 heteroatoms. The summed E-state index contributed by atoms with van der Waals surface area (Å²) in [5, 5.41) is 2.95. The first kappa shape index (κ1) is 15.3. The number of amides is 2. The van der Waals surface area contributed by atoms with E-state index in [0.717, 1.165) is 37.1 Å². The average Bonchev–Trinajstić information content (AvgIpc) is 3.14. The Balaban J connectivity index is 1.51. The summed E-state index contributed by atoms with van der Waals surface area (Å²) in [6, 6.07) is 13.7. The lowest BCUT2D eigenvalue weighted by atomic mass is 10.2. The van der Waals surface area contributed by atoms with Crippen LogP contribution in [0.25, 0.3) is 0 Å². The van der Waals surface area contributed by atoms with Crippen LogP contribution in [0.4, 0.5) is 4.79 Å². The predicted molar refractivity (Wildman–Crippen MR) is 88.1 cm³/mol. The van der Waals surface area contributed by atoms with Crippen molar-refractivity contribution in [2.24, 2.45) is 0 Å². The second kappa shape index (κ2) is 7.63. The molecular weight excluding hydrogens is 290 g/mol. The van der Waals surface area contributed by atoms with Crippen LogP contribution in [0, 0.1) is 0 Å². The van der Waals surface area contributed by atoms with Crippen molar-refractivity contribution < 1.29 is 9.53 Å². The second-order valence-electron chi connectivity index (χ2n) is 5.63. The molecule has 2 aromatic rings. The zero-order valence-electron chi connectivity index (χ0n) is 13.1. The molecular formula is C18H21N3O2. The highest BCUT2D eigenvalue weighted by Crippen LogP contribution is 2.12. The number of rotatable bonds is 5. The molecule has 0 unspecified atom stereocenters. The maximum atomic E-state index is 12.0. The van der Waals surface area contributed by atoms with Gasteiger partial charge >= 0.3 is 6.03 Å². The van der Waals surface area contributed by atoms with Crippen molar-refractivity contribution in [3.05, 3.63) is 59.8 Å². The number of carbonyl (C=O) groups is 1. The summed E-state index contributed by atoms with van der Waals surface area (Å²) in [6.45, 7) is 2.68. The summed E-state index contributed by atoms with van der Waals surface area (Å²) < 4.78 is 5.71. The minimum Gasteiger partial charge on any atom is -0.473 e. The Kier molecular flexibility index (Phi) is 5.09. The lowest BCUT2D eigenvalue weighted by Crippen LogP contribution is -2.37. The van der Waals surface area contributed by atoms with Gasteiger partial charge in [-0.3, -0.25) is 0 Å². The number of benzene rings is 1. The van der Waals surface area contributed by atoms with Gasteiger partial charge in [0.2, 0.25) is 5.88 Å². The fraction of sp³-hybridized carbons (Fsp3) is 0.333. The SMILES string of the molecule is O=C(NCc1ccnc(OCc2ccccc2)c1)N1CCCC1. The van der Waals surface area contributed by atoms with Crippen LogP contribution in [0.5, 0.6) is 5.88 Å². The van der Waals surface area contributed by atoms with E-state index in [4.69, 9.17) is 4.74 Å². The smallest absolute Gasteiger partial charge is 0.317 e. The second-order valence-corrected chi connectivity index (χ2v) is 5.63. The van der Waals surface area contributed by atoms with Crippen LogP contribution in [0.1, 0.15) is 24.0 Å². The number of hydrogen-bond acceptors (Lipinski definition) is 3. The van der Waals surface area contributed by atoms with Crippen molar-refractivity contribution in [3.8, 4) is 5.88 Å². The van der Waals surface area contributed by atoms with E-state index < -0.39 is 0 Å². The van der Waals surface area contributed by atoms with Crippen molar-refractivity contribution in [2.45, 2.75) is 26.0 Å². The third kappa shape index (κ3) is 4.45. The Bertz CT molecular complexity index is 640. The lowest BCUT2D eigenvalue weighted by Gasteiger charge is -2.16. The lowest BCUT2D eigenvalue weighted by molar-refractivity contribution is 0.208. The van der Waals surface area contributed by atoms with Crippen molar-refractivity contribution >= 4 is 6.03 Å². The van der Waals surface area contributed by atoms with E-state index in [1.807, 2.05) is 47.4 Å². The Morgan fingerprint density at radius 3 is 2.70 bits per heavy atom. The number of urea groups is 1. The number of likely N-dealkylation sites (tertiary alicyclic amines) is 1.